The van der Waals surface area contributed by atoms with Crippen LogP contribution in [0, 0.1) is 0 Å². The third-order valence-corrected chi connectivity index (χ3v) is 6.63. The summed E-state index contributed by atoms with van der Waals surface area (Å²) in [7, 11) is 1.80. The first-order chi connectivity index (χ1) is 16.5. The molecular formula is C29H24N4O. The summed E-state index contributed by atoms with van der Waals surface area (Å²) in [4.78, 5) is 22.6. The van der Waals surface area contributed by atoms with E-state index in [9.17, 15) is 4.79 Å². The molecule has 3 heterocycles. The topological polar surface area (TPSA) is 52.7 Å². The molecule has 0 spiro atoms. The molecule has 0 radical (unpaired) electrons. The number of hydrogen-bond acceptors (Lipinski definition) is 3. The first-order valence-electron chi connectivity index (χ1n) is 11.5. The van der Waals surface area contributed by atoms with Gasteiger partial charge >= 0.3 is 5.69 Å². The van der Waals surface area contributed by atoms with E-state index >= 15 is 0 Å². The molecule has 0 bridgehead atoms. The van der Waals surface area contributed by atoms with Crippen molar-refractivity contribution in [3.05, 3.63) is 101 Å². The minimum atomic E-state index is -0.0839. The zero-order valence-corrected chi connectivity index (χ0v) is 19.4. The van der Waals surface area contributed by atoms with Crippen molar-refractivity contribution in [1.82, 2.24) is 19.1 Å². The molecule has 0 aliphatic rings. The summed E-state index contributed by atoms with van der Waals surface area (Å²) >= 11 is 0. The fourth-order valence-corrected chi connectivity index (χ4v) is 4.65. The third-order valence-electron chi connectivity index (χ3n) is 6.63. The molecule has 3 aromatic heterocycles. The molecule has 166 valence electrons. The average molecular weight is 445 g/mol. The Morgan fingerprint density at radius 1 is 0.794 bits per heavy atom. The van der Waals surface area contributed by atoms with E-state index in [2.05, 4.69) is 60.2 Å². The monoisotopic (exact) mass is 444 g/mol. The van der Waals surface area contributed by atoms with Gasteiger partial charge in [0.15, 0.2) is 0 Å². The quantitative estimate of drug-likeness (QED) is 0.326. The van der Waals surface area contributed by atoms with Crippen LogP contribution < -0.4 is 5.69 Å². The number of benzene rings is 3. The summed E-state index contributed by atoms with van der Waals surface area (Å²) in [5.41, 5.74) is 7.58. The molecule has 0 amide bonds. The van der Waals surface area contributed by atoms with Gasteiger partial charge in [0.25, 0.3) is 0 Å². The number of pyridine rings is 2. The molecule has 5 nitrogen and oxygen atoms in total. The van der Waals surface area contributed by atoms with Gasteiger partial charge in [-0.3, -0.25) is 19.1 Å². The van der Waals surface area contributed by atoms with Crippen molar-refractivity contribution in [3.63, 3.8) is 0 Å². The maximum absolute atomic E-state index is 13.3. The molecule has 0 atom stereocenters. The first kappa shape index (κ1) is 20.4. The van der Waals surface area contributed by atoms with Crippen molar-refractivity contribution in [2.45, 2.75) is 19.8 Å². The van der Waals surface area contributed by atoms with Gasteiger partial charge < -0.3 is 0 Å². The lowest BCUT2D eigenvalue weighted by atomic mass is 10.0. The van der Waals surface area contributed by atoms with E-state index in [4.69, 9.17) is 0 Å². The van der Waals surface area contributed by atoms with Crippen LogP contribution >= 0.6 is 0 Å². The van der Waals surface area contributed by atoms with E-state index in [0.717, 1.165) is 49.7 Å². The predicted molar refractivity (Wildman–Crippen MR) is 139 cm³/mol. The summed E-state index contributed by atoms with van der Waals surface area (Å²) in [6, 6.07) is 24.7. The first-order valence-corrected chi connectivity index (χ1v) is 11.5. The lowest BCUT2D eigenvalue weighted by Gasteiger charge is -2.10. The summed E-state index contributed by atoms with van der Waals surface area (Å²) in [6.45, 7) is 4.34. The smallest absolute Gasteiger partial charge is 0.293 e. The Bertz CT molecular complexity index is 1760. The largest absolute Gasteiger partial charge is 0.333 e. The Morgan fingerprint density at radius 3 is 2.35 bits per heavy atom. The van der Waals surface area contributed by atoms with Crippen LogP contribution in [-0.2, 0) is 7.05 Å². The second-order valence-electron chi connectivity index (χ2n) is 9.06. The normalized spacial score (nSPS) is 11.8. The van der Waals surface area contributed by atoms with Crippen molar-refractivity contribution in [1.29, 1.82) is 0 Å². The van der Waals surface area contributed by atoms with Crippen LogP contribution in [0.3, 0.4) is 0 Å². The third kappa shape index (κ3) is 3.12. The van der Waals surface area contributed by atoms with Crippen LogP contribution in [0.4, 0.5) is 0 Å². The van der Waals surface area contributed by atoms with Crippen LogP contribution in [0.1, 0.15) is 25.3 Å². The molecular weight excluding hydrogens is 420 g/mol. The zero-order valence-electron chi connectivity index (χ0n) is 19.4. The molecule has 0 aliphatic heterocycles. The molecule has 6 aromatic rings. The number of aromatic nitrogens is 4. The maximum Gasteiger partial charge on any atom is 0.333 e. The van der Waals surface area contributed by atoms with Crippen LogP contribution in [0.5, 0.6) is 0 Å². The van der Waals surface area contributed by atoms with Crippen molar-refractivity contribution in [3.8, 4) is 16.8 Å². The minimum Gasteiger partial charge on any atom is -0.293 e. The van der Waals surface area contributed by atoms with E-state index in [1.165, 1.54) is 5.56 Å². The van der Waals surface area contributed by atoms with Gasteiger partial charge in [-0.1, -0.05) is 50.2 Å². The van der Waals surface area contributed by atoms with Crippen LogP contribution in [0.25, 0.3) is 49.7 Å². The Hall–Kier alpha value is -4.25. The molecule has 0 saturated carbocycles. The summed E-state index contributed by atoms with van der Waals surface area (Å²) in [5.74, 6) is 0.432. The van der Waals surface area contributed by atoms with Gasteiger partial charge in [-0.2, -0.15) is 0 Å². The van der Waals surface area contributed by atoms with Gasteiger partial charge in [0.05, 0.1) is 34.0 Å². The van der Waals surface area contributed by atoms with Crippen LogP contribution in [-0.4, -0.2) is 19.1 Å². The van der Waals surface area contributed by atoms with E-state index in [0.29, 0.717) is 5.92 Å². The van der Waals surface area contributed by atoms with Crippen molar-refractivity contribution >= 4 is 32.8 Å². The number of rotatable bonds is 3. The Morgan fingerprint density at radius 2 is 1.56 bits per heavy atom. The van der Waals surface area contributed by atoms with E-state index in [1.54, 1.807) is 22.4 Å². The summed E-state index contributed by atoms with van der Waals surface area (Å²) < 4.78 is 3.47. The molecule has 0 aliphatic carbocycles. The van der Waals surface area contributed by atoms with E-state index in [1.807, 2.05) is 42.6 Å². The second kappa shape index (κ2) is 7.66. The van der Waals surface area contributed by atoms with Gasteiger partial charge in [-0.25, -0.2) is 4.79 Å². The minimum absolute atomic E-state index is 0.0839. The van der Waals surface area contributed by atoms with Gasteiger partial charge in [0.2, 0.25) is 0 Å². The lowest BCUT2D eigenvalue weighted by Crippen LogP contribution is -2.20. The van der Waals surface area contributed by atoms with Crippen molar-refractivity contribution in [2.24, 2.45) is 7.05 Å². The highest BCUT2D eigenvalue weighted by molar-refractivity contribution is 6.04. The maximum atomic E-state index is 13.3. The highest BCUT2D eigenvalue weighted by atomic mass is 16.1. The number of nitrogens with zero attached hydrogens (tertiary/aromatic N) is 4. The van der Waals surface area contributed by atoms with Crippen LogP contribution in [0.2, 0.25) is 0 Å². The Balaban J connectivity index is 1.62. The SMILES string of the molecule is CC(C)c1ccc(-n2c(=O)n(C)c3cnc4ccc(-c5cnc6ccccc6c5)cc4c32)cc1. The molecule has 34 heavy (non-hydrogen) atoms. The summed E-state index contributed by atoms with van der Waals surface area (Å²) in [5, 5.41) is 2.03. The standard InChI is InChI=1S/C29H24N4O/c1-18(2)19-8-11-23(12-9-19)33-28-24-15-20(22-14-21-6-4-5-7-25(21)30-16-22)10-13-26(24)31-17-27(28)32(3)29(33)34/h4-18H,1-3H3. The Kier molecular flexibility index (Phi) is 4.59. The highest BCUT2D eigenvalue weighted by Crippen LogP contribution is 2.31. The van der Waals surface area contributed by atoms with E-state index in [-0.39, 0.29) is 5.69 Å². The number of imidazole rings is 1. The van der Waals surface area contributed by atoms with Crippen molar-refractivity contribution in [2.75, 3.05) is 0 Å². The number of aryl methyl sites for hydroxylation is 1. The highest BCUT2D eigenvalue weighted by Gasteiger charge is 2.17. The fourth-order valence-electron chi connectivity index (χ4n) is 4.65. The molecule has 0 saturated heterocycles. The van der Waals surface area contributed by atoms with Crippen LogP contribution in [0.15, 0.2) is 90.0 Å². The lowest BCUT2D eigenvalue weighted by molar-refractivity contribution is 0.841. The number of hydrogen-bond donors (Lipinski definition) is 0. The van der Waals surface area contributed by atoms with Gasteiger partial charge in [-0.05, 0) is 53.4 Å². The molecule has 3 aromatic carbocycles. The molecule has 5 heteroatoms. The van der Waals surface area contributed by atoms with Crippen molar-refractivity contribution < 1.29 is 0 Å². The molecule has 0 fully saturated rings. The zero-order chi connectivity index (χ0) is 23.4. The summed E-state index contributed by atoms with van der Waals surface area (Å²) in [6.07, 6.45) is 3.69. The number of para-hydroxylation sites is 1. The number of fused-ring (bicyclic) bond motifs is 4. The average Bonchev–Trinajstić information content (AvgIpc) is 3.13. The van der Waals surface area contributed by atoms with Gasteiger partial charge in [0, 0.05) is 29.6 Å². The molecule has 0 N–H and O–H groups in total. The Labute approximate surface area is 196 Å². The predicted octanol–water partition coefficient (Wildman–Crippen LogP) is 6.22. The second-order valence-corrected chi connectivity index (χ2v) is 9.06. The fraction of sp³-hybridized carbons (Fsp3) is 0.138. The van der Waals surface area contributed by atoms with E-state index < -0.39 is 0 Å². The molecule has 6 rings (SSSR count). The van der Waals surface area contributed by atoms with Gasteiger partial charge in [0.1, 0.15) is 0 Å². The van der Waals surface area contributed by atoms with Gasteiger partial charge in [-0.15, -0.1) is 0 Å². The molecule has 0 unspecified atom stereocenters.